The Balaban J connectivity index is 1.66. The van der Waals surface area contributed by atoms with Crippen molar-refractivity contribution in [1.82, 2.24) is 0 Å². The second-order valence-electron chi connectivity index (χ2n) is 11.9. The maximum Gasteiger partial charge on any atom is 0.328 e. The third-order valence-corrected chi connectivity index (χ3v) is 8.14. The molecule has 186 valence electrons. The second kappa shape index (κ2) is 9.68. The molecule has 0 spiro atoms. The largest absolute Gasteiger partial charge is 0.489 e. The zero-order chi connectivity index (χ0) is 25.3. The molecule has 0 saturated heterocycles. The first-order valence-corrected chi connectivity index (χ1v) is 13.0. The lowest BCUT2D eigenvalue weighted by Gasteiger charge is -2.43. The maximum absolute atomic E-state index is 10.9. The van der Waals surface area contributed by atoms with Crippen molar-refractivity contribution in [3.63, 3.8) is 0 Å². The van der Waals surface area contributed by atoms with Crippen LogP contribution in [0.15, 0.2) is 66.3 Å². The van der Waals surface area contributed by atoms with Crippen LogP contribution in [0.25, 0.3) is 0 Å². The number of allylic oxidation sites excluding steroid dienone is 3. The van der Waals surface area contributed by atoms with Crippen LogP contribution < -0.4 is 4.74 Å². The number of fused-ring (bicyclic) bond motifs is 1. The number of rotatable bonds is 9. The van der Waals surface area contributed by atoms with Crippen LogP contribution in [0.1, 0.15) is 95.4 Å². The summed E-state index contributed by atoms with van der Waals surface area (Å²) in [5.74, 6) is 0.146. The minimum Gasteiger partial charge on any atom is -0.489 e. The molecule has 0 amide bonds. The molecule has 2 aromatic rings. The summed E-state index contributed by atoms with van der Waals surface area (Å²) in [4.78, 5) is 10.9. The van der Waals surface area contributed by atoms with E-state index in [1.807, 2.05) is 19.1 Å². The molecule has 0 atom stereocenters. The Bertz CT molecular complexity index is 1130. The fourth-order valence-corrected chi connectivity index (χ4v) is 5.54. The molecule has 2 aliphatic carbocycles. The molecule has 4 rings (SSSR count). The Morgan fingerprint density at radius 1 is 0.943 bits per heavy atom. The van der Waals surface area contributed by atoms with Gasteiger partial charge in [-0.2, -0.15) is 0 Å². The number of carbonyl (C=O) groups is 1. The third-order valence-electron chi connectivity index (χ3n) is 8.14. The summed E-state index contributed by atoms with van der Waals surface area (Å²) < 4.78 is 6.57. The van der Waals surface area contributed by atoms with Crippen LogP contribution in [0.5, 0.6) is 5.75 Å². The molecule has 3 nitrogen and oxygen atoms in total. The van der Waals surface area contributed by atoms with Crippen molar-refractivity contribution in [2.75, 3.05) is 0 Å². The molecule has 0 aliphatic heterocycles. The Hall–Kier alpha value is -2.81. The third kappa shape index (κ3) is 5.72. The molecule has 3 heteroatoms. The highest BCUT2D eigenvalue weighted by atomic mass is 16.5. The molecule has 2 aromatic carbocycles. The number of ether oxygens (including phenoxy) is 1. The van der Waals surface area contributed by atoms with Crippen molar-refractivity contribution < 1.29 is 14.6 Å². The average Bonchev–Trinajstić information content (AvgIpc) is 3.59. The molecule has 0 radical (unpaired) electrons. The zero-order valence-electron chi connectivity index (χ0n) is 22.0. The monoisotopic (exact) mass is 472 g/mol. The molecule has 0 bridgehead atoms. The summed E-state index contributed by atoms with van der Waals surface area (Å²) in [7, 11) is 0. The lowest BCUT2D eigenvalue weighted by molar-refractivity contribution is -0.131. The van der Waals surface area contributed by atoms with Gasteiger partial charge in [-0.05, 0) is 90.0 Å². The van der Waals surface area contributed by atoms with Crippen LogP contribution in [-0.4, -0.2) is 11.1 Å². The van der Waals surface area contributed by atoms with Gasteiger partial charge in [0.15, 0.2) is 0 Å². The van der Waals surface area contributed by atoms with Crippen LogP contribution in [-0.2, 0) is 27.6 Å². The molecule has 2 aliphatic rings. The highest BCUT2D eigenvalue weighted by molar-refractivity contribution is 5.81. The second-order valence-corrected chi connectivity index (χ2v) is 11.9. The Morgan fingerprint density at radius 3 is 2.17 bits per heavy atom. The van der Waals surface area contributed by atoms with E-state index in [2.05, 4.69) is 70.2 Å². The summed E-state index contributed by atoms with van der Waals surface area (Å²) in [6.07, 6.45) is 12.0. The Kier molecular flexibility index (Phi) is 6.99. The van der Waals surface area contributed by atoms with E-state index in [0.29, 0.717) is 6.61 Å². The molecule has 0 unspecified atom stereocenters. The van der Waals surface area contributed by atoms with Crippen LogP contribution in [0.3, 0.4) is 0 Å². The summed E-state index contributed by atoms with van der Waals surface area (Å²) in [5.41, 5.74) is 6.69. The predicted molar refractivity (Wildman–Crippen MR) is 143 cm³/mol. The molecular formula is C32H40O3. The predicted octanol–water partition coefficient (Wildman–Crippen LogP) is 8.01. The smallest absolute Gasteiger partial charge is 0.328 e. The Labute approximate surface area is 210 Å². The van der Waals surface area contributed by atoms with Gasteiger partial charge in [0.05, 0.1) is 0 Å². The summed E-state index contributed by atoms with van der Waals surface area (Å²) in [5, 5.41) is 8.94. The first-order chi connectivity index (χ1) is 16.5. The first kappa shape index (κ1) is 25.3. The van der Waals surface area contributed by atoms with E-state index in [0.717, 1.165) is 24.2 Å². The van der Waals surface area contributed by atoms with Gasteiger partial charge in [-0.3, -0.25) is 0 Å². The van der Waals surface area contributed by atoms with Gasteiger partial charge >= 0.3 is 5.97 Å². The minimum absolute atomic E-state index is 0.141. The number of aliphatic carboxylic acids is 1. The van der Waals surface area contributed by atoms with Crippen molar-refractivity contribution in [1.29, 1.82) is 0 Å². The van der Waals surface area contributed by atoms with E-state index < -0.39 is 5.97 Å². The van der Waals surface area contributed by atoms with Gasteiger partial charge in [-0.1, -0.05) is 76.2 Å². The molecule has 0 aromatic heterocycles. The van der Waals surface area contributed by atoms with Crippen LogP contribution >= 0.6 is 0 Å². The van der Waals surface area contributed by atoms with Gasteiger partial charge in [0.1, 0.15) is 12.4 Å². The van der Waals surface area contributed by atoms with E-state index in [1.165, 1.54) is 54.0 Å². The molecule has 35 heavy (non-hydrogen) atoms. The molecule has 1 N–H and O–H groups in total. The average molecular weight is 473 g/mol. The molecule has 1 fully saturated rings. The summed E-state index contributed by atoms with van der Waals surface area (Å²) in [6, 6.07) is 15.3. The quantitative estimate of drug-likeness (QED) is 0.297. The Morgan fingerprint density at radius 2 is 1.57 bits per heavy atom. The van der Waals surface area contributed by atoms with Crippen molar-refractivity contribution in [2.45, 2.75) is 96.0 Å². The van der Waals surface area contributed by atoms with E-state index in [1.54, 1.807) is 0 Å². The van der Waals surface area contributed by atoms with E-state index >= 15 is 0 Å². The topological polar surface area (TPSA) is 46.5 Å². The van der Waals surface area contributed by atoms with Gasteiger partial charge in [0, 0.05) is 11.6 Å². The highest BCUT2D eigenvalue weighted by Gasteiger charge is 2.47. The first-order valence-electron chi connectivity index (χ1n) is 13.0. The lowest BCUT2D eigenvalue weighted by atomic mass is 9.62. The van der Waals surface area contributed by atoms with Crippen LogP contribution in [0.2, 0.25) is 0 Å². The normalized spacial score (nSPS) is 19.9. The van der Waals surface area contributed by atoms with Crippen molar-refractivity contribution in [3.8, 4) is 5.75 Å². The van der Waals surface area contributed by atoms with E-state index in [-0.39, 0.29) is 16.2 Å². The SMILES string of the molecule is CC(/C=C/CCC1(c2cc3c(cc2OCc2ccccc2)C(C)(C)CCC3(C)C)CC1)=C\C(=O)O. The molecule has 1 saturated carbocycles. The molecular weight excluding hydrogens is 432 g/mol. The van der Waals surface area contributed by atoms with Gasteiger partial charge in [0.25, 0.3) is 0 Å². The number of benzene rings is 2. The van der Waals surface area contributed by atoms with E-state index in [4.69, 9.17) is 9.84 Å². The fourth-order valence-electron chi connectivity index (χ4n) is 5.54. The van der Waals surface area contributed by atoms with E-state index in [9.17, 15) is 4.79 Å². The van der Waals surface area contributed by atoms with Crippen molar-refractivity contribution >= 4 is 5.97 Å². The standard InChI is InChI=1S/C32H40O3/c1-23(19-29(33)34)11-9-10-14-32(17-18-32)27-20-25-26(31(4,5)16-15-30(25,2)3)21-28(27)35-22-24-12-7-6-8-13-24/h6-9,11-13,19-21H,10,14-18,22H2,1-5H3,(H,33,34)/b11-9+,23-19+. The zero-order valence-corrected chi connectivity index (χ0v) is 22.0. The van der Waals surface area contributed by atoms with Crippen molar-refractivity contribution in [3.05, 3.63) is 88.5 Å². The van der Waals surface area contributed by atoms with Gasteiger partial charge < -0.3 is 9.84 Å². The van der Waals surface area contributed by atoms with Crippen LogP contribution in [0.4, 0.5) is 0 Å². The minimum atomic E-state index is -0.898. The van der Waals surface area contributed by atoms with Gasteiger partial charge in [-0.25, -0.2) is 4.79 Å². The lowest BCUT2D eigenvalue weighted by Crippen LogP contribution is -2.34. The maximum atomic E-state index is 10.9. The molecule has 0 heterocycles. The van der Waals surface area contributed by atoms with Gasteiger partial charge in [0.2, 0.25) is 0 Å². The van der Waals surface area contributed by atoms with Crippen LogP contribution in [0, 0.1) is 0 Å². The fraction of sp³-hybridized carbons (Fsp3) is 0.469. The number of carboxylic acids is 1. The van der Waals surface area contributed by atoms with Gasteiger partial charge in [-0.15, -0.1) is 0 Å². The van der Waals surface area contributed by atoms with Crippen molar-refractivity contribution in [2.24, 2.45) is 0 Å². The number of hydrogen-bond acceptors (Lipinski definition) is 2. The number of carboxylic acid groups (broad SMARTS) is 1. The number of hydrogen-bond donors (Lipinski definition) is 1. The summed E-state index contributed by atoms with van der Waals surface area (Å²) >= 11 is 0. The highest BCUT2D eigenvalue weighted by Crippen LogP contribution is 2.57. The summed E-state index contributed by atoms with van der Waals surface area (Å²) in [6.45, 7) is 11.9.